The Balaban J connectivity index is 1.86. The molecule has 2 aromatic carbocycles. The van der Waals surface area contributed by atoms with Crippen LogP contribution in [0.4, 0.5) is 24.5 Å². The molecular weight excluding hydrogens is 281 g/mol. The summed E-state index contributed by atoms with van der Waals surface area (Å²) in [5.74, 6) is -4.40. The Kier molecular flexibility index (Phi) is 3.29. The molecular formula is C15H11F3N2O. The number of hydrogen-bond acceptors (Lipinski definition) is 2. The minimum absolute atomic E-state index is 0.343. The molecule has 3 nitrogen and oxygen atoms in total. The molecule has 2 N–H and O–H groups in total. The van der Waals surface area contributed by atoms with Crippen molar-refractivity contribution < 1.29 is 18.0 Å². The van der Waals surface area contributed by atoms with Crippen LogP contribution in [0.25, 0.3) is 0 Å². The predicted octanol–water partition coefficient (Wildman–Crippen LogP) is 3.25. The fourth-order valence-corrected chi connectivity index (χ4v) is 2.39. The SMILES string of the molecule is O=C(Nc1c(F)cc(F)cc1F)C1CNc2ccccc21. The van der Waals surface area contributed by atoms with Gasteiger partial charge in [0.25, 0.3) is 0 Å². The van der Waals surface area contributed by atoms with Crippen LogP contribution in [0.15, 0.2) is 36.4 Å². The Morgan fingerprint density at radius 1 is 1.14 bits per heavy atom. The summed E-state index contributed by atoms with van der Waals surface area (Å²) < 4.78 is 39.9. The molecule has 3 rings (SSSR count). The number of anilines is 2. The molecule has 0 radical (unpaired) electrons. The van der Waals surface area contributed by atoms with Crippen molar-refractivity contribution in [2.45, 2.75) is 5.92 Å². The van der Waals surface area contributed by atoms with Crippen molar-refractivity contribution in [2.75, 3.05) is 17.2 Å². The first-order valence-electron chi connectivity index (χ1n) is 6.34. The third kappa shape index (κ3) is 2.44. The maximum absolute atomic E-state index is 13.5. The molecule has 1 heterocycles. The molecule has 1 unspecified atom stereocenters. The van der Waals surface area contributed by atoms with E-state index in [-0.39, 0.29) is 0 Å². The summed E-state index contributed by atoms with van der Waals surface area (Å²) in [7, 11) is 0. The van der Waals surface area contributed by atoms with Crippen LogP contribution < -0.4 is 10.6 Å². The number of nitrogens with one attached hydrogen (secondary N) is 2. The fraction of sp³-hybridized carbons (Fsp3) is 0.133. The summed E-state index contributed by atoms with van der Waals surface area (Å²) in [6, 6.07) is 8.26. The summed E-state index contributed by atoms with van der Waals surface area (Å²) in [6.45, 7) is 0.343. The smallest absolute Gasteiger partial charge is 0.233 e. The molecule has 6 heteroatoms. The number of hydrogen-bond donors (Lipinski definition) is 2. The lowest BCUT2D eigenvalue weighted by molar-refractivity contribution is -0.117. The van der Waals surface area contributed by atoms with Crippen molar-refractivity contribution in [2.24, 2.45) is 0 Å². The molecule has 21 heavy (non-hydrogen) atoms. The van der Waals surface area contributed by atoms with E-state index in [0.29, 0.717) is 18.7 Å². The zero-order valence-corrected chi connectivity index (χ0v) is 10.8. The Morgan fingerprint density at radius 2 is 1.81 bits per heavy atom. The summed E-state index contributed by atoms with van der Waals surface area (Å²) in [5, 5.41) is 5.24. The van der Waals surface area contributed by atoms with E-state index in [4.69, 9.17) is 0 Å². The largest absolute Gasteiger partial charge is 0.384 e. The third-order valence-electron chi connectivity index (χ3n) is 3.40. The van der Waals surface area contributed by atoms with E-state index in [1.54, 1.807) is 12.1 Å². The number of benzene rings is 2. The molecule has 1 amide bonds. The van der Waals surface area contributed by atoms with Gasteiger partial charge < -0.3 is 10.6 Å². The van der Waals surface area contributed by atoms with Crippen molar-refractivity contribution in [1.82, 2.24) is 0 Å². The summed E-state index contributed by atoms with van der Waals surface area (Å²) >= 11 is 0. The number of fused-ring (bicyclic) bond motifs is 1. The topological polar surface area (TPSA) is 41.1 Å². The minimum Gasteiger partial charge on any atom is -0.384 e. The van der Waals surface area contributed by atoms with E-state index in [2.05, 4.69) is 10.6 Å². The van der Waals surface area contributed by atoms with Gasteiger partial charge in [0.15, 0.2) is 11.6 Å². The Labute approximate surface area is 118 Å². The number of para-hydroxylation sites is 1. The molecule has 108 valence electrons. The molecule has 0 saturated carbocycles. The molecule has 1 atom stereocenters. The maximum atomic E-state index is 13.5. The Morgan fingerprint density at radius 3 is 2.52 bits per heavy atom. The Bertz CT molecular complexity index is 695. The van der Waals surface area contributed by atoms with E-state index in [1.807, 2.05) is 12.1 Å². The third-order valence-corrected chi connectivity index (χ3v) is 3.40. The molecule has 0 fully saturated rings. The van der Waals surface area contributed by atoms with Gasteiger partial charge in [0.2, 0.25) is 5.91 Å². The molecule has 0 saturated heterocycles. The zero-order valence-electron chi connectivity index (χ0n) is 10.8. The average Bonchev–Trinajstić information content (AvgIpc) is 2.86. The first-order chi connectivity index (χ1) is 10.1. The quantitative estimate of drug-likeness (QED) is 0.892. The van der Waals surface area contributed by atoms with Crippen molar-refractivity contribution >= 4 is 17.3 Å². The molecule has 2 aromatic rings. The zero-order chi connectivity index (χ0) is 15.0. The summed E-state index contributed by atoms with van der Waals surface area (Å²) in [5.41, 5.74) is 0.946. The second kappa shape index (κ2) is 5.12. The van der Waals surface area contributed by atoms with Crippen molar-refractivity contribution in [3.63, 3.8) is 0 Å². The highest BCUT2D eigenvalue weighted by molar-refractivity contribution is 5.98. The van der Waals surface area contributed by atoms with Crippen molar-refractivity contribution in [1.29, 1.82) is 0 Å². The van der Waals surface area contributed by atoms with Crippen LogP contribution in [-0.2, 0) is 4.79 Å². The van der Waals surface area contributed by atoms with Gasteiger partial charge in [-0.3, -0.25) is 4.79 Å². The molecule has 0 aliphatic carbocycles. The lowest BCUT2D eigenvalue weighted by Gasteiger charge is -2.12. The van der Waals surface area contributed by atoms with Crippen LogP contribution in [0.3, 0.4) is 0 Å². The first kappa shape index (κ1) is 13.5. The summed E-state index contributed by atoms with van der Waals surface area (Å²) in [6.07, 6.45) is 0. The van der Waals surface area contributed by atoms with E-state index in [0.717, 1.165) is 11.3 Å². The molecule has 0 aromatic heterocycles. The van der Waals surface area contributed by atoms with Gasteiger partial charge in [-0.1, -0.05) is 18.2 Å². The van der Waals surface area contributed by atoms with Gasteiger partial charge in [-0.2, -0.15) is 0 Å². The van der Waals surface area contributed by atoms with E-state index < -0.39 is 35.0 Å². The summed E-state index contributed by atoms with van der Waals surface area (Å²) in [4.78, 5) is 12.2. The molecule has 0 spiro atoms. The predicted molar refractivity (Wildman–Crippen MR) is 72.6 cm³/mol. The van der Waals surface area contributed by atoms with E-state index in [1.165, 1.54) is 0 Å². The lowest BCUT2D eigenvalue weighted by Crippen LogP contribution is -2.23. The van der Waals surface area contributed by atoms with Gasteiger partial charge in [0.05, 0.1) is 5.92 Å². The lowest BCUT2D eigenvalue weighted by atomic mass is 10.0. The number of halogens is 3. The van der Waals surface area contributed by atoms with Gasteiger partial charge in [-0.05, 0) is 11.6 Å². The maximum Gasteiger partial charge on any atom is 0.233 e. The van der Waals surface area contributed by atoms with Crippen LogP contribution in [0.2, 0.25) is 0 Å². The second-order valence-corrected chi connectivity index (χ2v) is 4.75. The highest BCUT2D eigenvalue weighted by Gasteiger charge is 2.29. The van der Waals surface area contributed by atoms with Crippen molar-refractivity contribution in [3.05, 3.63) is 59.4 Å². The monoisotopic (exact) mass is 292 g/mol. The van der Waals surface area contributed by atoms with Gasteiger partial charge >= 0.3 is 0 Å². The van der Waals surface area contributed by atoms with Crippen molar-refractivity contribution in [3.8, 4) is 0 Å². The van der Waals surface area contributed by atoms with E-state index in [9.17, 15) is 18.0 Å². The van der Waals surface area contributed by atoms with Gasteiger partial charge in [0.1, 0.15) is 11.5 Å². The molecule has 0 bridgehead atoms. The number of carbonyl (C=O) groups is 1. The first-order valence-corrected chi connectivity index (χ1v) is 6.34. The van der Waals surface area contributed by atoms with Gasteiger partial charge in [0, 0.05) is 24.4 Å². The van der Waals surface area contributed by atoms with E-state index >= 15 is 0 Å². The fourth-order valence-electron chi connectivity index (χ4n) is 2.39. The van der Waals surface area contributed by atoms with Crippen LogP contribution >= 0.6 is 0 Å². The van der Waals surface area contributed by atoms with Crippen LogP contribution in [0.1, 0.15) is 11.5 Å². The number of amides is 1. The average molecular weight is 292 g/mol. The standard InChI is InChI=1S/C15H11F3N2O/c16-8-5-11(17)14(12(18)6-8)20-15(21)10-7-19-13-4-2-1-3-9(10)13/h1-6,10,19H,7H2,(H,20,21). The van der Waals surface area contributed by atoms with Gasteiger partial charge in [-0.25, -0.2) is 13.2 Å². The molecule has 1 aliphatic heterocycles. The minimum atomic E-state index is -1.14. The second-order valence-electron chi connectivity index (χ2n) is 4.75. The van der Waals surface area contributed by atoms with Crippen LogP contribution in [0.5, 0.6) is 0 Å². The normalized spacial score (nSPS) is 16.2. The number of carbonyl (C=O) groups excluding carboxylic acids is 1. The highest BCUT2D eigenvalue weighted by atomic mass is 19.1. The highest BCUT2D eigenvalue weighted by Crippen LogP contribution is 2.32. The van der Waals surface area contributed by atoms with Crippen LogP contribution in [-0.4, -0.2) is 12.5 Å². The van der Waals surface area contributed by atoms with Crippen LogP contribution in [0, 0.1) is 17.5 Å². The number of rotatable bonds is 2. The van der Waals surface area contributed by atoms with Gasteiger partial charge in [-0.15, -0.1) is 0 Å². The Hall–Kier alpha value is -2.50. The molecule has 1 aliphatic rings.